The van der Waals surface area contributed by atoms with Crippen molar-refractivity contribution in [2.24, 2.45) is 0 Å². The topological polar surface area (TPSA) is 17.1 Å². The van der Waals surface area contributed by atoms with Crippen LogP contribution in [0.4, 0.5) is 0 Å². The molecule has 1 rings (SSSR count). The number of carbonyl (C=O) groups excluding carboxylic acids is 1. The molecule has 0 fully saturated rings. The highest BCUT2D eigenvalue weighted by molar-refractivity contribution is 9.09. The molecule has 1 aromatic carbocycles. The Hall–Kier alpha value is -0.150. The van der Waals surface area contributed by atoms with Gasteiger partial charge in [-0.2, -0.15) is 0 Å². The average Bonchev–Trinajstić information content (AvgIpc) is 2.17. The lowest BCUT2D eigenvalue weighted by molar-refractivity contribution is 0.0989. The first-order chi connectivity index (χ1) is 6.69. The van der Waals surface area contributed by atoms with Crippen LogP contribution in [0.1, 0.15) is 27.9 Å². The molecule has 1 aromatic rings. The van der Waals surface area contributed by atoms with Gasteiger partial charge in [-0.1, -0.05) is 50.1 Å². The average molecular weight is 320 g/mol. The van der Waals surface area contributed by atoms with Crippen LogP contribution in [0.2, 0.25) is 0 Å². The van der Waals surface area contributed by atoms with E-state index in [1.807, 2.05) is 19.1 Å². The number of rotatable bonds is 4. The van der Waals surface area contributed by atoms with E-state index in [-0.39, 0.29) is 5.78 Å². The summed E-state index contributed by atoms with van der Waals surface area (Å²) in [6, 6.07) is 5.95. The summed E-state index contributed by atoms with van der Waals surface area (Å²) in [6.07, 6.45) is 0.564. The summed E-state index contributed by atoms with van der Waals surface area (Å²) in [5.41, 5.74) is 3.11. The van der Waals surface area contributed by atoms with E-state index in [1.165, 1.54) is 5.56 Å². The van der Waals surface area contributed by atoms with Crippen LogP contribution in [0.15, 0.2) is 18.2 Å². The van der Waals surface area contributed by atoms with Gasteiger partial charge in [0.1, 0.15) is 0 Å². The zero-order valence-corrected chi connectivity index (χ0v) is 11.2. The van der Waals surface area contributed by atoms with Gasteiger partial charge in [0.25, 0.3) is 0 Å². The first-order valence-electron chi connectivity index (χ1n) is 4.43. The fraction of sp³-hybridized carbons (Fsp3) is 0.364. The van der Waals surface area contributed by atoms with Crippen LogP contribution in [0.3, 0.4) is 0 Å². The zero-order valence-electron chi connectivity index (χ0n) is 8.02. The molecule has 0 saturated heterocycles. The van der Waals surface area contributed by atoms with Crippen LogP contribution in [-0.4, -0.2) is 11.1 Å². The molecule has 0 radical (unpaired) electrons. The first kappa shape index (κ1) is 11.9. The van der Waals surface area contributed by atoms with Gasteiger partial charge in [-0.3, -0.25) is 4.79 Å². The van der Waals surface area contributed by atoms with E-state index in [9.17, 15) is 4.79 Å². The number of Topliss-reactive ketones (excluding diaryl/α,β-unsaturated/α-hetero) is 1. The summed E-state index contributed by atoms with van der Waals surface area (Å²) in [4.78, 5) is 11.6. The Morgan fingerprint density at radius 3 is 2.57 bits per heavy atom. The minimum absolute atomic E-state index is 0.209. The Morgan fingerprint density at radius 2 is 2.07 bits per heavy atom. The van der Waals surface area contributed by atoms with Crippen molar-refractivity contribution in [3.63, 3.8) is 0 Å². The quantitative estimate of drug-likeness (QED) is 0.608. The molecule has 0 N–H and O–H groups in total. The summed E-state index contributed by atoms with van der Waals surface area (Å²) in [5.74, 6) is 0.209. The van der Waals surface area contributed by atoms with Crippen molar-refractivity contribution < 1.29 is 4.79 Å². The molecule has 0 amide bonds. The molecule has 0 atom stereocenters. The van der Waals surface area contributed by atoms with Crippen molar-refractivity contribution in [3.8, 4) is 0 Å². The van der Waals surface area contributed by atoms with Gasteiger partial charge in [0, 0.05) is 22.6 Å². The first-order valence-corrected chi connectivity index (χ1v) is 6.68. The lowest BCUT2D eigenvalue weighted by Crippen LogP contribution is -2.02. The molecule has 0 bridgehead atoms. The summed E-state index contributed by atoms with van der Waals surface area (Å²) >= 11 is 6.66. The summed E-state index contributed by atoms with van der Waals surface area (Å²) in [7, 11) is 0. The Labute approximate surface area is 101 Å². The van der Waals surface area contributed by atoms with Crippen molar-refractivity contribution >= 4 is 37.6 Å². The third-order valence-corrected chi connectivity index (χ3v) is 3.11. The van der Waals surface area contributed by atoms with Crippen molar-refractivity contribution in [1.29, 1.82) is 0 Å². The number of hydrogen-bond donors (Lipinski definition) is 0. The maximum atomic E-state index is 11.6. The van der Waals surface area contributed by atoms with Gasteiger partial charge >= 0.3 is 0 Å². The zero-order chi connectivity index (χ0) is 10.6. The minimum Gasteiger partial charge on any atom is -0.294 e. The predicted octanol–water partition coefficient (Wildman–Crippen LogP) is 3.86. The lowest BCUT2D eigenvalue weighted by Gasteiger charge is -2.05. The van der Waals surface area contributed by atoms with Crippen LogP contribution in [-0.2, 0) is 5.33 Å². The van der Waals surface area contributed by atoms with Gasteiger partial charge in [0.05, 0.1) is 0 Å². The van der Waals surface area contributed by atoms with Crippen molar-refractivity contribution in [2.45, 2.75) is 18.7 Å². The maximum Gasteiger partial charge on any atom is 0.163 e. The number of carbonyl (C=O) groups is 1. The fourth-order valence-electron chi connectivity index (χ4n) is 1.34. The molecule has 0 aliphatic rings. The minimum atomic E-state index is 0.209. The van der Waals surface area contributed by atoms with E-state index in [1.54, 1.807) is 0 Å². The lowest BCUT2D eigenvalue weighted by atomic mass is 10.0. The van der Waals surface area contributed by atoms with Crippen LogP contribution in [0.5, 0.6) is 0 Å². The van der Waals surface area contributed by atoms with E-state index >= 15 is 0 Å². The van der Waals surface area contributed by atoms with Gasteiger partial charge in [-0.05, 0) is 18.1 Å². The third-order valence-electron chi connectivity index (χ3n) is 2.07. The molecule has 14 heavy (non-hydrogen) atoms. The molecule has 0 unspecified atom stereocenters. The summed E-state index contributed by atoms with van der Waals surface area (Å²) < 4.78 is 0. The number of alkyl halides is 2. The Balaban J connectivity index is 2.94. The normalized spacial score (nSPS) is 10.2. The fourth-order valence-corrected chi connectivity index (χ4v) is 2.05. The van der Waals surface area contributed by atoms with Crippen LogP contribution < -0.4 is 0 Å². The van der Waals surface area contributed by atoms with Gasteiger partial charge in [-0.25, -0.2) is 0 Å². The molecule has 0 aliphatic heterocycles. The highest BCUT2D eigenvalue weighted by Crippen LogP contribution is 2.15. The highest BCUT2D eigenvalue weighted by Gasteiger charge is 2.08. The largest absolute Gasteiger partial charge is 0.294 e. The molecular formula is C11H12Br2O. The SMILES string of the molecule is Cc1cc(CBr)ccc1C(=O)CCBr. The second kappa shape index (κ2) is 5.66. The number of ketones is 1. The molecule has 76 valence electrons. The predicted molar refractivity (Wildman–Crippen MR) is 66.6 cm³/mol. The van der Waals surface area contributed by atoms with Gasteiger partial charge in [0.2, 0.25) is 0 Å². The second-order valence-electron chi connectivity index (χ2n) is 3.15. The summed E-state index contributed by atoms with van der Waals surface area (Å²) in [6.45, 7) is 1.98. The molecule has 3 heteroatoms. The van der Waals surface area contributed by atoms with Crippen LogP contribution >= 0.6 is 31.9 Å². The van der Waals surface area contributed by atoms with Gasteiger partial charge < -0.3 is 0 Å². The monoisotopic (exact) mass is 318 g/mol. The smallest absolute Gasteiger partial charge is 0.163 e. The van der Waals surface area contributed by atoms with Gasteiger partial charge in [0.15, 0.2) is 5.78 Å². The molecule has 0 aliphatic carbocycles. The molecule has 0 heterocycles. The van der Waals surface area contributed by atoms with Crippen molar-refractivity contribution in [3.05, 3.63) is 34.9 Å². The maximum absolute atomic E-state index is 11.6. The van der Waals surface area contributed by atoms with E-state index in [0.29, 0.717) is 6.42 Å². The Kier molecular flexibility index (Phi) is 4.82. The Bertz CT molecular complexity index is 334. The second-order valence-corrected chi connectivity index (χ2v) is 4.50. The Morgan fingerprint density at radius 1 is 1.36 bits per heavy atom. The van der Waals surface area contributed by atoms with E-state index in [0.717, 1.165) is 21.8 Å². The van der Waals surface area contributed by atoms with E-state index in [4.69, 9.17) is 0 Å². The highest BCUT2D eigenvalue weighted by atomic mass is 79.9. The molecular weight excluding hydrogens is 308 g/mol. The summed E-state index contributed by atoms with van der Waals surface area (Å²) in [5, 5.41) is 1.56. The molecule has 1 nitrogen and oxygen atoms in total. The van der Waals surface area contributed by atoms with Crippen LogP contribution in [0, 0.1) is 6.92 Å². The number of halogens is 2. The third kappa shape index (κ3) is 2.92. The number of aryl methyl sites for hydroxylation is 1. The van der Waals surface area contributed by atoms with Crippen molar-refractivity contribution in [2.75, 3.05) is 5.33 Å². The van der Waals surface area contributed by atoms with E-state index in [2.05, 4.69) is 37.9 Å². The van der Waals surface area contributed by atoms with Crippen LogP contribution in [0.25, 0.3) is 0 Å². The number of hydrogen-bond acceptors (Lipinski definition) is 1. The van der Waals surface area contributed by atoms with Gasteiger partial charge in [-0.15, -0.1) is 0 Å². The number of benzene rings is 1. The van der Waals surface area contributed by atoms with E-state index < -0.39 is 0 Å². The molecule has 0 spiro atoms. The molecule has 0 aromatic heterocycles. The molecule has 0 saturated carbocycles. The van der Waals surface area contributed by atoms with Crippen molar-refractivity contribution in [1.82, 2.24) is 0 Å². The standard InChI is InChI=1S/C11H12Br2O/c1-8-6-9(7-13)2-3-10(8)11(14)4-5-12/h2-3,6H,4-5,7H2,1H3.